The summed E-state index contributed by atoms with van der Waals surface area (Å²) in [4.78, 5) is 14.1. The number of nitrogens with zero attached hydrogens (tertiary/aromatic N) is 5. The molecule has 21 heavy (non-hydrogen) atoms. The molecule has 0 aliphatic carbocycles. The van der Waals surface area contributed by atoms with Gasteiger partial charge in [0.2, 0.25) is 0 Å². The first-order valence-corrected chi connectivity index (χ1v) is 7.62. The Bertz CT molecular complexity index is 450. The lowest BCUT2D eigenvalue weighted by Gasteiger charge is -2.33. The van der Waals surface area contributed by atoms with Gasteiger partial charge in [-0.1, -0.05) is 13.3 Å². The highest BCUT2D eigenvalue weighted by molar-refractivity contribution is 5.76. The first-order chi connectivity index (χ1) is 10.3. The van der Waals surface area contributed by atoms with Crippen LogP contribution < -0.4 is 5.32 Å². The molecule has 0 amide bonds. The van der Waals surface area contributed by atoms with E-state index in [1.165, 1.54) is 0 Å². The minimum absolute atomic E-state index is 0.183. The second kappa shape index (κ2) is 8.04. The molecule has 8 heteroatoms. The van der Waals surface area contributed by atoms with Crippen LogP contribution in [0.3, 0.4) is 0 Å². The molecule has 8 nitrogen and oxygen atoms in total. The van der Waals surface area contributed by atoms with Crippen molar-refractivity contribution in [2.75, 3.05) is 26.2 Å². The monoisotopic (exact) mass is 296 g/mol. The topological polar surface area (TPSA) is 85.2 Å². The number of hydrogen-bond donors (Lipinski definition) is 1. The Morgan fingerprint density at radius 2 is 2.33 bits per heavy atom. The van der Waals surface area contributed by atoms with Crippen molar-refractivity contribution in [3.63, 3.8) is 0 Å². The van der Waals surface area contributed by atoms with E-state index in [0.717, 1.165) is 38.3 Å². The minimum atomic E-state index is -0.268. The zero-order valence-electron chi connectivity index (χ0n) is 12.8. The number of nitrogens with one attached hydrogen (secondary N) is 1. The van der Waals surface area contributed by atoms with Crippen LogP contribution in [0, 0.1) is 0 Å². The fraction of sp³-hybridized carbons (Fsp3) is 0.846. The summed E-state index contributed by atoms with van der Waals surface area (Å²) < 4.78 is 6.97. The van der Waals surface area contributed by atoms with Gasteiger partial charge in [-0.15, -0.1) is 5.10 Å². The van der Waals surface area contributed by atoms with Gasteiger partial charge < -0.3 is 10.1 Å². The summed E-state index contributed by atoms with van der Waals surface area (Å²) in [5.41, 5.74) is 0. The summed E-state index contributed by atoms with van der Waals surface area (Å²) in [6, 6.07) is -0.268. The van der Waals surface area contributed by atoms with Gasteiger partial charge in [-0.05, 0) is 23.8 Å². The number of aryl methyl sites for hydroxylation is 1. The van der Waals surface area contributed by atoms with Crippen molar-refractivity contribution in [3.8, 4) is 0 Å². The Morgan fingerprint density at radius 3 is 3.10 bits per heavy atom. The summed E-state index contributed by atoms with van der Waals surface area (Å²) in [5.74, 6) is 0.622. The molecule has 0 spiro atoms. The second-order valence-electron chi connectivity index (χ2n) is 5.11. The van der Waals surface area contributed by atoms with Crippen LogP contribution in [0.4, 0.5) is 0 Å². The highest BCUT2D eigenvalue weighted by Crippen LogP contribution is 2.10. The minimum Gasteiger partial charge on any atom is -0.465 e. The Hall–Kier alpha value is -1.54. The largest absolute Gasteiger partial charge is 0.465 e. The maximum absolute atomic E-state index is 12.0. The number of hydrogen-bond acceptors (Lipinski definition) is 7. The molecule has 1 aliphatic rings. The molecule has 1 N–H and O–H groups in total. The van der Waals surface area contributed by atoms with E-state index in [4.69, 9.17) is 4.74 Å². The third-order valence-electron chi connectivity index (χ3n) is 3.59. The number of piperazine rings is 1. The van der Waals surface area contributed by atoms with E-state index in [2.05, 4.69) is 32.7 Å². The Balaban J connectivity index is 2.01. The molecule has 1 aromatic rings. The van der Waals surface area contributed by atoms with Crippen molar-refractivity contribution >= 4 is 5.97 Å². The molecule has 0 bridgehead atoms. The molecule has 1 aliphatic heterocycles. The van der Waals surface area contributed by atoms with E-state index in [0.29, 0.717) is 19.7 Å². The van der Waals surface area contributed by atoms with Crippen molar-refractivity contribution < 1.29 is 9.53 Å². The molecular formula is C13H24N6O2. The van der Waals surface area contributed by atoms with Gasteiger partial charge in [0.1, 0.15) is 6.04 Å². The SMILES string of the molecule is CCCCn1nnnc1CN1CCNCC1C(=O)OCC. The van der Waals surface area contributed by atoms with E-state index >= 15 is 0 Å². The highest BCUT2D eigenvalue weighted by Gasteiger charge is 2.30. The molecule has 118 valence electrons. The average Bonchev–Trinajstić information content (AvgIpc) is 2.93. The highest BCUT2D eigenvalue weighted by atomic mass is 16.5. The number of carbonyl (C=O) groups excluding carboxylic acids is 1. The Morgan fingerprint density at radius 1 is 1.48 bits per heavy atom. The Kier molecular flexibility index (Phi) is 6.06. The zero-order valence-corrected chi connectivity index (χ0v) is 12.8. The van der Waals surface area contributed by atoms with Crippen LogP contribution >= 0.6 is 0 Å². The average molecular weight is 296 g/mol. The standard InChI is InChI=1S/C13H24N6O2/c1-3-5-7-19-12(15-16-17-19)10-18-8-6-14-9-11(18)13(20)21-4-2/h11,14H,3-10H2,1-2H3. The van der Waals surface area contributed by atoms with Crippen LogP contribution in [0.2, 0.25) is 0 Å². The molecular weight excluding hydrogens is 272 g/mol. The molecule has 1 fully saturated rings. The summed E-state index contributed by atoms with van der Waals surface area (Å²) in [7, 11) is 0. The lowest BCUT2D eigenvalue weighted by atomic mass is 10.2. The second-order valence-corrected chi connectivity index (χ2v) is 5.11. The van der Waals surface area contributed by atoms with E-state index in [9.17, 15) is 4.79 Å². The smallest absolute Gasteiger partial charge is 0.324 e. The van der Waals surface area contributed by atoms with Crippen molar-refractivity contribution in [2.45, 2.75) is 45.8 Å². The summed E-state index contributed by atoms with van der Waals surface area (Å²) in [6.45, 7) is 7.99. The van der Waals surface area contributed by atoms with E-state index in [-0.39, 0.29) is 12.0 Å². The van der Waals surface area contributed by atoms with Gasteiger partial charge in [0.25, 0.3) is 0 Å². The number of ether oxygens (including phenoxy) is 1. The van der Waals surface area contributed by atoms with Gasteiger partial charge in [-0.2, -0.15) is 0 Å². The van der Waals surface area contributed by atoms with Gasteiger partial charge in [-0.25, -0.2) is 4.68 Å². The molecule has 1 saturated heterocycles. The molecule has 1 aromatic heterocycles. The third kappa shape index (κ3) is 4.21. The van der Waals surface area contributed by atoms with Gasteiger partial charge in [0, 0.05) is 26.2 Å². The van der Waals surface area contributed by atoms with Crippen LogP contribution in [0.15, 0.2) is 0 Å². The van der Waals surface area contributed by atoms with E-state index in [1.54, 1.807) is 0 Å². The normalized spacial score (nSPS) is 19.6. The van der Waals surface area contributed by atoms with Gasteiger partial charge >= 0.3 is 5.97 Å². The number of tetrazole rings is 1. The summed E-state index contributed by atoms with van der Waals surface area (Å²) in [6.07, 6.45) is 2.14. The maximum atomic E-state index is 12.0. The maximum Gasteiger partial charge on any atom is 0.324 e. The molecule has 0 radical (unpaired) electrons. The van der Waals surface area contributed by atoms with Gasteiger partial charge in [0.15, 0.2) is 5.82 Å². The zero-order chi connectivity index (χ0) is 15.1. The molecule has 1 unspecified atom stereocenters. The number of aromatic nitrogens is 4. The van der Waals surface area contributed by atoms with Crippen LogP contribution in [0.1, 0.15) is 32.5 Å². The Labute approximate surface area is 124 Å². The summed E-state index contributed by atoms with van der Waals surface area (Å²) >= 11 is 0. The van der Waals surface area contributed by atoms with Gasteiger partial charge in [0.05, 0.1) is 13.2 Å². The lowest BCUT2D eigenvalue weighted by molar-refractivity contribution is -0.150. The number of rotatable bonds is 7. The van der Waals surface area contributed by atoms with Crippen LogP contribution in [0.5, 0.6) is 0 Å². The molecule has 0 aromatic carbocycles. The van der Waals surface area contributed by atoms with Crippen molar-refractivity contribution in [2.24, 2.45) is 0 Å². The van der Waals surface area contributed by atoms with Crippen LogP contribution in [-0.4, -0.2) is 63.4 Å². The molecule has 2 rings (SSSR count). The fourth-order valence-electron chi connectivity index (χ4n) is 2.41. The number of unbranched alkanes of at least 4 members (excludes halogenated alkanes) is 1. The first-order valence-electron chi connectivity index (χ1n) is 7.62. The van der Waals surface area contributed by atoms with E-state index in [1.807, 2.05) is 11.6 Å². The molecule has 1 atom stereocenters. The van der Waals surface area contributed by atoms with Crippen molar-refractivity contribution in [1.82, 2.24) is 30.4 Å². The molecule has 0 saturated carbocycles. The predicted octanol–water partition coefficient (Wildman–Crippen LogP) is -0.190. The summed E-state index contributed by atoms with van der Waals surface area (Å²) in [5, 5.41) is 15.1. The quantitative estimate of drug-likeness (QED) is 0.698. The third-order valence-corrected chi connectivity index (χ3v) is 3.59. The van der Waals surface area contributed by atoms with Crippen LogP contribution in [-0.2, 0) is 22.6 Å². The van der Waals surface area contributed by atoms with Crippen molar-refractivity contribution in [3.05, 3.63) is 5.82 Å². The predicted molar refractivity (Wildman–Crippen MR) is 76.4 cm³/mol. The number of esters is 1. The molecule has 2 heterocycles. The van der Waals surface area contributed by atoms with Crippen LogP contribution in [0.25, 0.3) is 0 Å². The fourth-order valence-corrected chi connectivity index (χ4v) is 2.41. The number of carbonyl (C=O) groups is 1. The van der Waals surface area contributed by atoms with Crippen molar-refractivity contribution in [1.29, 1.82) is 0 Å². The van der Waals surface area contributed by atoms with Gasteiger partial charge in [-0.3, -0.25) is 9.69 Å². The van der Waals surface area contributed by atoms with E-state index < -0.39 is 0 Å². The lowest BCUT2D eigenvalue weighted by Crippen LogP contribution is -2.55. The first kappa shape index (κ1) is 15.8.